The zero-order valence-corrected chi connectivity index (χ0v) is 11.3. The molecule has 1 rings (SSSR count). The van der Waals surface area contributed by atoms with Crippen molar-refractivity contribution in [2.45, 2.75) is 32.8 Å². The van der Waals surface area contributed by atoms with Crippen molar-refractivity contribution < 1.29 is 10.0 Å². The van der Waals surface area contributed by atoms with Crippen molar-refractivity contribution in [2.75, 3.05) is 24.2 Å². The first kappa shape index (κ1) is 15.1. The lowest BCUT2D eigenvalue weighted by Crippen LogP contribution is -2.15. The van der Waals surface area contributed by atoms with Gasteiger partial charge in [-0.1, -0.05) is 6.92 Å². The SMILES string of the molecule is CCC(O)CCNc1nc(NC)nc(C)c1[N+](=O)[O-]. The van der Waals surface area contributed by atoms with Gasteiger partial charge in [-0.25, -0.2) is 4.98 Å². The third-order valence-corrected chi connectivity index (χ3v) is 2.71. The largest absolute Gasteiger partial charge is 0.393 e. The van der Waals surface area contributed by atoms with Gasteiger partial charge < -0.3 is 15.7 Å². The van der Waals surface area contributed by atoms with E-state index in [1.54, 1.807) is 14.0 Å². The Hall–Kier alpha value is -1.96. The lowest BCUT2D eigenvalue weighted by Gasteiger charge is -2.11. The fraction of sp³-hybridized carbons (Fsp3) is 0.636. The average molecular weight is 269 g/mol. The molecule has 0 spiro atoms. The molecule has 0 bridgehead atoms. The molecule has 1 heterocycles. The number of nitrogens with one attached hydrogen (secondary N) is 2. The van der Waals surface area contributed by atoms with Crippen LogP contribution < -0.4 is 10.6 Å². The fourth-order valence-electron chi connectivity index (χ4n) is 1.58. The second-order valence-corrected chi connectivity index (χ2v) is 4.11. The molecule has 1 aromatic heterocycles. The summed E-state index contributed by atoms with van der Waals surface area (Å²) in [7, 11) is 1.64. The Morgan fingerprint density at radius 2 is 2.16 bits per heavy atom. The molecule has 0 aliphatic rings. The Morgan fingerprint density at radius 3 is 2.68 bits per heavy atom. The maximum absolute atomic E-state index is 11.0. The number of aliphatic hydroxyl groups excluding tert-OH is 1. The fourth-order valence-corrected chi connectivity index (χ4v) is 1.58. The molecular weight excluding hydrogens is 250 g/mol. The van der Waals surface area contributed by atoms with E-state index in [2.05, 4.69) is 20.6 Å². The van der Waals surface area contributed by atoms with Crippen molar-refractivity contribution in [3.63, 3.8) is 0 Å². The van der Waals surface area contributed by atoms with Gasteiger partial charge in [0.2, 0.25) is 11.8 Å². The van der Waals surface area contributed by atoms with Crippen LogP contribution in [0.3, 0.4) is 0 Å². The Labute approximate surface area is 111 Å². The Kier molecular flexibility index (Phi) is 5.43. The zero-order chi connectivity index (χ0) is 14.4. The van der Waals surface area contributed by atoms with Crippen molar-refractivity contribution >= 4 is 17.5 Å². The van der Waals surface area contributed by atoms with Crippen molar-refractivity contribution in [1.29, 1.82) is 0 Å². The van der Waals surface area contributed by atoms with Crippen LogP contribution in [0.2, 0.25) is 0 Å². The number of aliphatic hydroxyl groups is 1. The average Bonchev–Trinajstić information content (AvgIpc) is 2.37. The highest BCUT2D eigenvalue weighted by molar-refractivity contribution is 5.60. The third kappa shape index (κ3) is 4.02. The second-order valence-electron chi connectivity index (χ2n) is 4.11. The molecule has 0 saturated carbocycles. The highest BCUT2D eigenvalue weighted by atomic mass is 16.6. The van der Waals surface area contributed by atoms with Crippen molar-refractivity contribution in [3.05, 3.63) is 15.8 Å². The molecule has 19 heavy (non-hydrogen) atoms. The monoisotopic (exact) mass is 269 g/mol. The molecule has 0 fully saturated rings. The van der Waals surface area contributed by atoms with Gasteiger partial charge in [0.05, 0.1) is 11.0 Å². The predicted molar refractivity (Wildman–Crippen MR) is 72.4 cm³/mol. The molecule has 8 nitrogen and oxygen atoms in total. The number of anilines is 2. The van der Waals surface area contributed by atoms with E-state index < -0.39 is 11.0 Å². The molecule has 8 heteroatoms. The summed E-state index contributed by atoms with van der Waals surface area (Å²) in [6.07, 6.45) is 0.734. The first-order valence-electron chi connectivity index (χ1n) is 6.12. The van der Waals surface area contributed by atoms with Crippen LogP contribution in [0.4, 0.5) is 17.5 Å². The lowest BCUT2D eigenvalue weighted by atomic mass is 10.2. The summed E-state index contributed by atoms with van der Waals surface area (Å²) in [6, 6.07) is 0. The normalized spacial score (nSPS) is 12.0. The molecule has 0 aliphatic carbocycles. The van der Waals surface area contributed by atoms with Crippen LogP contribution >= 0.6 is 0 Å². The minimum absolute atomic E-state index is 0.134. The molecule has 0 aliphatic heterocycles. The van der Waals surface area contributed by atoms with Gasteiger partial charge in [-0.2, -0.15) is 4.98 Å². The van der Waals surface area contributed by atoms with E-state index in [4.69, 9.17) is 0 Å². The maximum atomic E-state index is 11.0. The molecule has 106 valence electrons. The quantitative estimate of drug-likeness (QED) is 0.505. The summed E-state index contributed by atoms with van der Waals surface area (Å²) < 4.78 is 0. The third-order valence-electron chi connectivity index (χ3n) is 2.71. The number of nitro groups is 1. The standard InChI is InChI=1S/C11H19N5O3/c1-4-8(17)5-6-13-10-9(16(18)19)7(2)14-11(12-3)15-10/h8,17H,4-6H2,1-3H3,(H2,12,13,14,15). The molecule has 0 saturated heterocycles. The number of rotatable bonds is 7. The Bertz CT molecular complexity index is 452. The highest BCUT2D eigenvalue weighted by Crippen LogP contribution is 2.26. The number of aryl methyl sites for hydroxylation is 1. The number of nitrogens with zero attached hydrogens (tertiary/aromatic N) is 3. The summed E-state index contributed by atoms with van der Waals surface area (Å²) in [5, 5.41) is 26.1. The summed E-state index contributed by atoms with van der Waals surface area (Å²) in [6.45, 7) is 3.85. The highest BCUT2D eigenvalue weighted by Gasteiger charge is 2.21. The van der Waals surface area contributed by atoms with E-state index in [0.717, 1.165) is 0 Å². The number of aromatic nitrogens is 2. The van der Waals surface area contributed by atoms with Crippen molar-refractivity contribution in [3.8, 4) is 0 Å². The van der Waals surface area contributed by atoms with Crippen LogP contribution in [0.5, 0.6) is 0 Å². The molecule has 0 radical (unpaired) electrons. The minimum atomic E-state index is -0.507. The maximum Gasteiger partial charge on any atom is 0.332 e. The summed E-state index contributed by atoms with van der Waals surface area (Å²) in [4.78, 5) is 18.5. The van der Waals surface area contributed by atoms with Crippen LogP contribution in [0.15, 0.2) is 0 Å². The summed E-state index contributed by atoms with van der Waals surface area (Å²) >= 11 is 0. The Balaban J connectivity index is 2.90. The Morgan fingerprint density at radius 1 is 1.47 bits per heavy atom. The molecule has 1 unspecified atom stereocenters. The van der Waals surface area contributed by atoms with E-state index in [0.29, 0.717) is 31.0 Å². The molecule has 1 aromatic rings. The van der Waals surface area contributed by atoms with Gasteiger partial charge in [0.15, 0.2) is 0 Å². The number of hydrogen-bond acceptors (Lipinski definition) is 7. The van der Waals surface area contributed by atoms with E-state index >= 15 is 0 Å². The molecular formula is C11H19N5O3. The van der Waals surface area contributed by atoms with Gasteiger partial charge >= 0.3 is 5.69 Å². The van der Waals surface area contributed by atoms with E-state index in [9.17, 15) is 15.2 Å². The molecule has 0 amide bonds. The van der Waals surface area contributed by atoms with Crippen LogP contribution in [0.25, 0.3) is 0 Å². The van der Waals surface area contributed by atoms with Crippen LogP contribution in [0, 0.1) is 17.0 Å². The van der Waals surface area contributed by atoms with Gasteiger partial charge in [0, 0.05) is 13.6 Å². The lowest BCUT2D eigenvalue weighted by molar-refractivity contribution is -0.385. The van der Waals surface area contributed by atoms with Gasteiger partial charge in [0.1, 0.15) is 5.69 Å². The van der Waals surface area contributed by atoms with Crippen molar-refractivity contribution in [1.82, 2.24) is 9.97 Å². The molecule has 3 N–H and O–H groups in total. The van der Waals surface area contributed by atoms with Crippen LogP contribution in [0.1, 0.15) is 25.5 Å². The summed E-state index contributed by atoms with van der Waals surface area (Å²) in [5.41, 5.74) is 0.160. The molecule has 1 atom stereocenters. The number of hydrogen-bond donors (Lipinski definition) is 3. The van der Waals surface area contributed by atoms with E-state index in [1.807, 2.05) is 6.92 Å². The van der Waals surface area contributed by atoms with E-state index in [-0.39, 0.29) is 11.5 Å². The topological polar surface area (TPSA) is 113 Å². The van der Waals surface area contributed by atoms with Gasteiger partial charge in [0.25, 0.3) is 0 Å². The van der Waals surface area contributed by atoms with Crippen LogP contribution in [-0.2, 0) is 0 Å². The zero-order valence-electron chi connectivity index (χ0n) is 11.3. The minimum Gasteiger partial charge on any atom is -0.393 e. The first-order valence-corrected chi connectivity index (χ1v) is 6.12. The summed E-state index contributed by atoms with van der Waals surface area (Å²) in [5.74, 6) is 0.492. The smallest absolute Gasteiger partial charge is 0.332 e. The van der Waals surface area contributed by atoms with Crippen molar-refractivity contribution in [2.24, 2.45) is 0 Å². The molecule has 0 aromatic carbocycles. The van der Waals surface area contributed by atoms with E-state index in [1.165, 1.54) is 0 Å². The van der Waals surface area contributed by atoms with Crippen LogP contribution in [-0.4, -0.2) is 39.7 Å². The van der Waals surface area contributed by atoms with Gasteiger partial charge in [-0.3, -0.25) is 10.1 Å². The van der Waals surface area contributed by atoms with Gasteiger partial charge in [-0.05, 0) is 19.8 Å². The first-order chi connectivity index (χ1) is 8.99. The van der Waals surface area contributed by atoms with Gasteiger partial charge in [-0.15, -0.1) is 0 Å². The predicted octanol–water partition coefficient (Wildman–Crippen LogP) is 1.31. The second kappa shape index (κ2) is 6.83.